The van der Waals surface area contributed by atoms with Crippen LogP contribution in [0.4, 0.5) is 11.6 Å². The fourth-order valence-electron chi connectivity index (χ4n) is 2.37. The van der Waals surface area contributed by atoms with E-state index in [1.54, 1.807) is 0 Å². The van der Waals surface area contributed by atoms with Crippen LogP contribution in [0.3, 0.4) is 0 Å². The lowest BCUT2D eigenvalue weighted by Gasteiger charge is -2.13. The van der Waals surface area contributed by atoms with Gasteiger partial charge in [0.2, 0.25) is 0 Å². The van der Waals surface area contributed by atoms with Crippen LogP contribution in [0.2, 0.25) is 0 Å². The van der Waals surface area contributed by atoms with E-state index in [0.29, 0.717) is 18.3 Å². The zero-order valence-corrected chi connectivity index (χ0v) is 12.6. The molecule has 0 saturated heterocycles. The van der Waals surface area contributed by atoms with E-state index in [0.717, 1.165) is 29.3 Å². The van der Waals surface area contributed by atoms with E-state index < -0.39 is 0 Å². The number of aromatic nitrogens is 3. The van der Waals surface area contributed by atoms with Gasteiger partial charge in [-0.3, -0.25) is 4.98 Å². The van der Waals surface area contributed by atoms with E-state index in [4.69, 9.17) is 5.73 Å². The summed E-state index contributed by atoms with van der Waals surface area (Å²) in [6.45, 7) is 4.75. The van der Waals surface area contributed by atoms with Gasteiger partial charge in [0.05, 0.1) is 12.2 Å². The molecular weight excluding hydrogens is 262 g/mol. The van der Waals surface area contributed by atoms with Crippen LogP contribution in [0.25, 0.3) is 0 Å². The molecule has 0 aromatic carbocycles. The molecule has 5 nitrogen and oxygen atoms in total. The Kier molecular flexibility index (Phi) is 3.73. The number of nitrogens with zero attached hydrogens (tertiary/aromatic N) is 3. The summed E-state index contributed by atoms with van der Waals surface area (Å²) < 4.78 is 0. The lowest BCUT2D eigenvalue weighted by atomic mass is 10.1. The number of nitrogens with two attached hydrogens (primary N) is 1. The van der Waals surface area contributed by atoms with Crippen molar-refractivity contribution in [3.05, 3.63) is 41.0 Å². The van der Waals surface area contributed by atoms with Crippen LogP contribution >= 0.6 is 0 Å². The number of hydrogen-bond donors (Lipinski definition) is 2. The van der Waals surface area contributed by atoms with Gasteiger partial charge in [-0.05, 0) is 37.8 Å². The van der Waals surface area contributed by atoms with Gasteiger partial charge < -0.3 is 11.1 Å². The van der Waals surface area contributed by atoms with Crippen molar-refractivity contribution in [2.24, 2.45) is 0 Å². The summed E-state index contributed by atoms with van der Waals surface area (Å²) in [5.74, 6) is 2.77. The third-order valence-corrected chi connectivity index (χ3v) is 3.93. The Morgan fingerprint density at radius 1 is 1.33 bits per heavy atom. The van der Waals surface area contributed by atoms with Gasteiger partial charge in [-0.2, -0.15) is 0 Å². The van der Waals surface area contributed by atoms with E-state index in [1.807, 2.05) is 19.2 Å². The van der Waals surface area contributed by atoms with Crippen molar-refractivity contribution in [1.82, 2.24) is 15.0 Å². The number of aryl methyl sites for hydroxylation is 1. The molecular formula is C16H21N5. The van der Waals surface area contributed by atoms with Crippen molar-refractivity contribution < 1.29 is 0 Å². The maximum absolute atomic E-state index is 6.01. The van der Waals surface area contributed by atoms with Crippen molar-refractivity contribution >= 4 is 11.6 Å². The number of anilines is 2. The van der Waals surface area contributed by atoms with Crippen molar-refractivity contribution in [1.29, 1.82) is 0 Å². The SMILES string of the molecule is CCc1cccnc1CNc1nc(C2CC2)nc(N)c1C. The molecule has 2 aromatic heterocycles. The fraction of sp³-hybridized carbons (Fsp3) is 0.438. The van der Waals surface area contributed by atoms with Gasteiger partial charge >= 0.3 is 0 Å². The first-order valence-corrected chi connectivity index (χ1v) is 7.49. The molecule has 0 spiro atoms. The van der Waals surface area contributed by atoms with Crippen LogP contribution in [0.1, 0.15) is 48.3 Å². The molecule has 5 heteroatoms. The highest BCUT2D eigenvalue weighted by molar-refractivity contribution is 5.55. The highest BCUT2D eigenvalue weighted by Crippen LogP contribution is 2.39. The number of hydrogen-bond acceptors (Lipinski definition) is 5. The standard InChI is InChI=1S/C16H21N5/c1-3-11-5-4-8-18-13(11)9-19-15-10(2)14(17)20-16(21-15)12-6-7-12/h4-5,8,12H,3,6-7,9H2,1-2H3,(H3,17,19,20,21). The van der Waals surface area contributed by atoms with Gasteiger partial charge in [-0.25, -0.2) is 9.97 Å². The van der Waals surface area contributed by atoms with Crippen LogP contribution < -0.4 is 11.1 Å². The minimum atomic E-state index is 0.495. The van der Waals surface area contributed by atoms with Crippen LogP contribution in [0, 0.1) is 6.92 Å². The average Bonchev–Trinajstić information content (AvgIpc) is 3.33. The number of pyridine rings is 1. The molecule has 1 aliphatic carbocycles. The summed E-state index contributed by atoms with van der Waals surface area (Å²) in [5.41, 5.74) is 9.23. The molecule has 0 amide bonds. The maximum Gasteiger partial charge on any atom is 0.136 e. The van der Waals surface area contributed by atoms with Gasteiger partial charge in [-0.1, -0.05) is 13.0 Å². The zero-order valence-electron chi connectivity index (χ0n) is 12.6. The highest BCUT2D eigenvalue weighted by atomic mass is 15.1. The van der Waals surface area contributed by atoms with E-state index in [-0.39, 0.29) is 0 Å². The monoisotopic (exact) mass is 283 g/mol. The van der Waals surface area contributed by atoms with Crippen molar-refractivity contribution in [2.45, 2.75) is 45.6 Å². The smallest absolute Gasteiger partial charge is 0.136 e. The van der Waals surface area contributed by atoms with Crippen LogP contribution in [-0.2, 0) is 13.0 Å². The van der Waals surface area contributed by atoms with E-state index in [9.17, 15) is 0 Å². The molecule has 1 fully saturated rings. The first kappa shape index (κ1) is 13.8. The second-order valence-electron chi connectivity index (χ2n) is 5.53. The Labute approximate surface area is 125 Å². The molecule has 2 aromatic rings. The largest absolute Gasteiger partial charge is 0.383 e. The topological polar surface area (TPSA) is 76.7 Å². The average molecular weight is 283 g/mol. The lowest BCUT2D eigenvalue weighted by molar-refractivity contribution is 0.906. The summed E-state index contributed by atoms with van der Waals surface area (Å²) in [7, 11) is 0. The normalized spacial score (nSPS) is 14.2. The minimum absolute atomic E-state index is 0.495. The van der Waals surface area contributed by atoms with Crippen molar-refractivity contribution in [2.75, 3.05) is 11.1 Å². The molecule has 3 N–H and O–H groups in total. The Morgan fingerprint density at radius 3 is 2.86 bits per heavy atom. The van der Waals surface area contributed by atoms with Crippen LogP contribution in [0.15, 0.2) is 18.3 Å². The third kappa shape index (κ3) is 2.96. The van der Waals surface area contributed by atoms with Gasteiger partial charge in [0, 0.05) is 17.7 Å². The number of rotatable bonds is 5. The molecule has 0 bridgehead atoms. The quantitative estimate of drug-likeness (QED) is 0.882. The van der Waals surface area contributed by atoms with Crippen LogP contribution in [-0.4, -0.2) is 15.0 Å². The summed E-state index contributed by atoms with van der Waals surface area (Å²) in [6.07, 6.45) is 5.14. The molecule has 0 radical (unpaired) electrons. The zero-order chi connectivity index (χ0) is 14.8. The molecule has 0 aliphatic heterocycles. The fourth-order valence-corrected chi connectivity index (χ4v) is 2.37. The van der Waals surface area contributed by atoms with E-state index in [1.165, 1.54) is 18.4 Å². The highest BCUT2D eigenvalue weighted by Gasteiger charge is 2.27. The van der Waals surface area contributed by atoms with E-state index >= 15 is 0 Å². The molecule has 1 aliphatic rings. The second-order valence-corrected chi connectivity index (χ2v) is 5.53. The number of nitrogens with one attached hydrogen (secondary N) is 1. The summed E-state index contributed by atoms with van der Waals surface area (Å²) >= 11 is 0. The first-order chi connectivity index (χ1) is 10.2. The molecule has 3 rings (SSSR count). The summed E-state index contributed by atoms with van der Waals surface area (Å²) in [6, 6.07) is 4.09. The Hall–Kier alpha value is -2.17. The number of nitrogen functional groups attached to an aromatic ring is 1. The Morgan fingerprint density at radius 2 is 2.14 bits per heavy atom. The first-order valence-electron chi connectivity index (χ1n) is 7.49. The van der Waals surface area contributed by atoms with E-state index in [2.05, 4.69) is 33.3 Å². The third-order valence-electron chi connectivity index (χ3n) is 3.93. The summed E-state index contributed by atoms with van der Waals surface area (Å²) in [4.78, 5) is 13.5. The van der Waals surface area contributed by atoms with Gasteiger partial charge in [0.15, 0.2) is 0 Å². The lowest BCUT2D eigenvalue weighted by Crippen LogP contribution is -2.11. The molecule has 110 valence electrons. The molecule has 0 atom stereocenters. The van der Waals surface area contributed by atoms with Gasteiger partial charge in [0.25, 0.3) is 0 Å². The van der Waals surface area contributed by atoms with Crippen molar-refractivity contribution in [3.63, 3.8) is 0 Å². The predicted molar refractivity (Wildman–Crippen MR) is 84.1 cm³/mol. The van der Waals surface area contributed by atoms with Gasteiger partial charge in [-0.15, -0.1) is 0 Å². The summed E-state index contributed by atoms with van der Waals surface area (Å²) in [5, 5.41) is 3.37. The molecule has 21 heavy (non-hydrogen) atoms. The predicted octanol–water partition coefficient (Wildman–Crippen LogP) is 2.81. The molecule has 0 unspecified atom stereocenters. The second kappa shape index (κ2) is 5.68. The minimum Gasteiger partial charge on any atom is -0.383 e. The van der Waals surface area contributed by atoms with Crippen molar-refractivity contribution in [3.8, 4) is 0 Å². The Bertz CT molecular complexity index is 649. The van der Waals surface area contributed by atoms with Gasteiger partial charge in [0.1, 0.15) is 17.5 Å². The molecule has 1 saturated carbocycles. The Balaban J connectivity index is 1.81. The maximum atomic E-state index is 6.01. The molecule has 2 heterocycles. The van der Waals surface area contributed by atoms with Crippen LogP contribution in [0.5, 0.6) is 0 Å².